The molecule has 0 saturated heterocycles. The Morgan fingerprint density at radius 1 is 0.652 bits per heavy atom. The van der Waals surface area contributed by atoms with Crippen molar-refractivity contribution in [2.45, 2.75) is 50.6 Å². The van der Waals surface area contributed by atoms with Crippen LogP contribution in [0, 0.1) is 46.6 Å². The molecule has 0 aliphatic heterocycles. The second-order valence-electron chi connectivity index (χ2n) is 11.4. The van der Waals surface area contributed by atoms with Crippen molar-refractivity contribution in [1.29, 1.82) is 0 Å². The van der Waals surface area contributed by atoms with Crippen molar-refractivity contribution in [2.75, 3.05) is 13.7 Å². The number of hydrogen-bond donors (Lipinski definition) is 0. The highest BCUT2D eigenvalue weighted by Gasteiger charge is 2.41. The SMILES string of the molecule is COCCCC1CCC(c2ccc(-c3cc(F)c(C(F)(F)Oc4ccc(-c5cc(F)c(F)c(F)c5)c(F)c4)c(F)c3)c(F)c2)CC1. The van der Waals surface area contributed by atoms with E-state index in [0.29, 0.717) is 42.9 Å². The zero-order valence-corrected chi connectivity index (χ0v) is 24.6. The molecule has 244 valence electrons. The molecule has 1 aliphatic carbocycles. The van der Waals surface area contributed by atoms with Gasteiger partial charge in [-0.2, -0.15) is 8.78 Å². The van der Waals surface area contributed by atoms with E-state index in [1.54, 1.807) is 13.2 Å². The lowest BCUT2D eigenvalue weighted by atomic mass is 9.77. The molecule has 0 unspecified atom stereocenters. The van der Waals surface area contributed by atoms with Crippen LogP contribution in [0.4, 0.5) is 39.5 Å². The third-order valence-corrected chi connectivity index (χ3v) is 8.40. The van der Waals surface area contributed by atoms with Gasteiger partial charge in [0, 0.05) is 30.9 Å². The van der Waals surface area contributed by atoms with Gasteiger partial charge in [0.1, 0.15) is 34.6 Å². The van der Waals surface area contributed by atoms with Crippen LogP contribution in [0.1, 0.15) is 55.6 Å². The van der Waals surface area contributed by atoms with E-state index in [2.05, 4.69) is 4.74 Å². The van der Waals surface area contributed by atoms with E-state index in [-0.39, 0.29) is 17.0 Å². The first-order valence-corrected chi connectivity index (χ1v) is 14.7. The number of hydrogen-bond acceptors (Lipinski definition) is 2. The van der Waals surface area contributed by atoms with Crippen molar-refractivity contribution in [3.63, 3.8) is 0 Å². The molecule has 1 saturated carbocycles. The molecule has 5 rings (SSSR count). The van der Waals surface area contributed by atoms with Gasteiger partial charge >= 0.3 is 6.11 Å². The smallest absolute Gasteiger partial charge is 0.429 e. The van der Waals surface area contributed by atoms with E-state index in [1.807, 2.05) is 0 Å². The molecule has 0 N–H and O–H groups in total. The van der Waals surface area contributed by atoms with Crippen LogP contribution in [-0.4, -0.2) is 13.7 Å². The molecule has 0 bridgehead atoms. The Morgan fingerprint density at radius 2 is 1.20 bits per heavy atom. The second-order valence-corrected chi connectivity index (χ2v) is 11.4. The Kier molecular flexibility index (Phi) is 10.0. The van der Waals surface area contributed by atoms with Gasteiger partial charge < -0.3 is 9.47 Å². The number of alkyl halides is 2. The summed E-state index contributed by atoms with van der Waals surface area (Å²) in [5.74, 6) is -10.6. The second kappa shape index (κ2) is 13.8. The van der Waals surface area contributed by atoms with E-state index in [4.69, 9.17) is 4.74 Å². The summed E-state index contributed by atoms with van der Waals surface area (Å²) in [5, 5.41) is 0. The summed E-state index contributed by atoms with van der Waals surface area (Å²) in [5.41, 5.74) is -2.44. The molecular formula is C35H29F9O2. The molecule has 0 atom stereocenters. The molecule has 11 heteroatoms. The van der Waals surface area contributed by atoms with Crippen LogP contribution in [0.3, 0.4) is 0 Å². The molecule has 0 spiro atoms. The molecule has 4 aromatic carbocycles. The minimum atomic E-state index is -4.65. The van der Waals surface area contributed by atoms with Gasteiger partial charge in [-0.05, 0) is 110 Å². The van der Waals surface area contributed by atoms with Crippen LogP contribution in [0.2, 0.25) is 0 Å². The van der Waals surface area contributed by atoms with Crippen LogP contribution < -0.4 is 4.74 Å². The number of methoxy groups -OCH3 is 1. The summed E-state index contributed by atoms with van der Waals surface area (Å²) >= 11 is 0. The highest BCUT2D eigenvalue weighted by Crippen LogP contribution is 2.41. The average molecular weight is 653 g/mol. The van der Waals surface area contributed by atoms with Crippen molar-refractivity contribution in [3.05, 3.63) is 113 Å². The maximum absolute atomic E-state index is 15.2. The van der Waals surface area contributed by atoms with E-state index < -0.39 is 69.3 Å². The van der Waals surface area contributed by atoms with Crippen LogP contribution in [0.25, 0.3) is 22.3 Å². The van der Waals surface area contributed by atoms with Gasteiger partial charge in [-0.3, -0.25) is 0 Å². The molecular weight excluding hydrogens is 623 g/mol. The number of halogens is 9. The third kappa shape index (κ3) is 7.19. The fraction of sp³-hybridized carbons (Fsp3) is 0.314. The Bertz CT molecular complexity index is 1670. The highest BCUT2D eigenvalue weighted by molar-refractivity contribution is 5.66. The van der Waals surface area contributed by atoms with E-state index >= 15 is 22.0 Å². The number of benzene rings is 4. The molecule has 1 fully saturated rings. The van der Waals surface area contributed by atoms with Crippen molar-refractivity contribution < 1.29 is 49.0 Å². The first-order chi connectivity index (χ1) is 21.9. The first-order valence-electron chi connectivity index (χ1n) is 14.7. The molecule has 46 heavy (non-hydrogen) atoms. The van der Waals surface area contributed by atoms with Crippen LogP contribution in [-0.2, 0) is 10.8 Å². The fourth-order valence-corrected chi connectivity index (χ4v) is 6.03. The van der Waals surface area contributed by atoms with Gasteiger partial charge in [-0.1, -0.05) is 12.1 Å². The van der Waals surface area contributed by atoms with Gasteiger partial charge in [-0.15, -0.1) is 0 Å². The maximum Gasteiger partial charge on any atom is 0.432 e. The van der Waals surface area contributed by atoms with E-state index in [0.717, 1.165) is 56.2 Å². The summed E-state index contributed by atoms with van der Waals surface area (Å²) in [4.78, 5) is 0. The van der Waals surface area contributed by atoms with Gasteiger partial charge in [0.15, 0.2) is 17.5 Å². The van der Waals surface area contributed by atoms with Crippen molar-refractivity contribution in [1.82, 2.24) is 0 Å². The molecule has 0 aromatic heterocycles. The lowest BCUT2D eigenvalue weighted by Crippen LogP contribution is -2.25. The molecule has 4 aromatic rings. The van der Waals surface area contributed by atoms with Gasteiger partial charge in [0.25, 0.3) is 0 Å². The van der Waals surface area contributed by atoms with Crippen molar-refractivity contribution >= 4 is 0 Å². The Morgan fingerprint density at radius 3 is 1.74 bits per heavy atom. The predicted molar refractivity (Wildman–Crippen MR) is 154 cm³/mol. The maximum atomic E-state index is 15.2. The van der Waals surface area contributed by atoms with Crippen LogP contribution in [0.5, 0.6) is 5.75 Å². The zero-order chi connectivity index (χ0) is 33.2. The Balaban J connectivity index is 1.31. The lowest BCUT2D eigenvalue weighted by Gasteiger charge is -2.29. The highest BCUT2D eigenvalue weighted by atomic mass is 19.3. The molecule has 1 aliphatic rings. The third-order valence-electron chi connectivity index (χ3n) is 8.40. The summed E-state index contributed by atoms with van der Waals surface area (Å²) in [7, 11) is 1.66. The average Bonchev–Trinajstić information content (AvgIpc) is 2.99. The van der Waals surface area contributed by atoms with Crippen molar-refractivity contribution in [2.24, 2.45) is 5.92 Å². The minimum Gasteiger partial charge on any atom is -0.429 e. The van der Waals surface area contributed by atoms with Gasteiger partial charge in [0.05, 0.1) is 0 Å². The van der Waals surface area contributed by atoms with Crippen LogP contribution >= 0.6 is 0 Å². The lowest BCUT2D eigenvalue weighted by molar-refractivity contribution is -0.189. The molecule has 0 heterocycles. The molecule has 0 radical (unpaired) electrons. The van der Waals surface area contributed by atoms with Gasteiger partial charge in [-0.25, -0.2) is 30.7 Å². The summed E-state index contributed by atoms with van der Waals surface area (Å²) < 4.78 is 140. The number of ether oxygens (including phenoxy) is 2. The quantitative estimate of drug-likeness (QED) is 0.0964. The Hall–Kier alpha value is -3.99. The Labute approximate surface area is 259 Å². The number of rotatable bonds is 10. The zero-order valence-electron chi connectivity index (χ0n) is 24.6. The van der Waals surface area contributed by atoms with Gasteiger partial charge in [0.2, 0.25) is 0 Å². The normalized spacial score (nSPS) is 16.9. The summed E-state index contributed by atoms with van der Waals surface area (Å²) in [6.45, 7) is 0.710. The molecule has 2 nitrogen and oxygen atoms in total. The standard InChI is InChI=1S/C35H29F9O2/c1-45-12-2-3-19-4-6-20(7-5-19)21-8-10-25(27(36)13-21)22-14-29(38)33(30(39)15-22)35(43,44)46-24-9-11-26(28(37)18-24)23-16-31(40)34(42)32(41)17-23/h8-11,13-20H,2-7,12H2,1H3. The monoisotopic (exact) mass is 652 g/mol. The molecule has 0 amide bonds. The van der Waals surface area contributed by atoms with Crippen LogP contribution in [0.15, 0.2) is 60.7 Å². The summed E-state index contributed by atoms with van der Waals surface area (Å²) in [6.07, 6.45) is 1.14. The summed E-state index contributed by atoms with van der Waals surface area (Å²) in [6, 6.07) is 8.47. The predicted octanol–water partition coefficient (Wildman–Crippen LogP) is 10.8. The fourth-order valence-electron chi connectivity index (χ4n) is 6.03. The minimum absolute atomic E-state index is 0.130. The van der Waals surface area contributed by atoms with E-state index in [1.165, 1.54) is 12.1 Å². The van der Waals surface area contributed by atoms with E-state index in [9.17, 15) is 17.6 Å². The first kappa shape index (κ1) is 33.4. The largest absolute Gasteiger partial charge is 0.432 e. The van der Waals surface area contributed by atoms with Crippen molar-refractivity contribution in [3.8, 4) is 28.0 Å². The topological polar surface area (TPSA) is 18.5 Å².